The van der Waals surface area contributed by atoms with Crippen LogP contribution in [-0.4, -0.2) is 60.1 Å². The van der Waals surface area contributed by atoms with Gasteiger partial charge in [-0.1, -0.05) is 57.7 Å². The molecule has 3 heterocycles. The van der Waals surface area contributed by atoms with Crippen molar-refractivity contribution in [1.29, 1.82) is 0 Å². The Hall–Kier alpha value is -3.61. The first-order valence-electron chi connectivity index (χ1n) is 16.0. The van der Waals surface area contributed by atoms with E-state index >= 15 is 0 Å². The van der Waals surface area contributed by atoms with Gasteiger partial charge < -0.3 is 19.4 Å². The maximum Gasteiger partial charge on any atom is 0.318 e. The predicted octanol–water partition coefficient (Wildman–Crippen LogP) is 6.57. The van der Waals surface area contributed by atoms with Crippen LogP contribution < -0.4 is 14.5 Å². The normalized spacial score (nSPS) is 21.9. The zero-order chi connectivity index (χ0) is 30.3. The average Bonchev–Trinajstić information content (AvgIpc) is 2.98. The molecule has 0 spiro atoms. The van der Waals surface area contributed by atoms with E-state index in [0.29, 0.717) is 48.5 Å². The van der Waals surface area contributed by atoms with Crippen molar-refractivity contribution in [3.63, 3.8) is 0 Å². The lowest BCUT2D eigenvalue weighted by Gasteiger charge is -2.39. The first-order chi connectivity index (χ1) is 20.6. The van der Waals surface area contributed by atoms with E-state index in [1.165, 1.54) is 46.8 Å². The number of nitrogens with zero attached hydrogens (tertiary/aromatic N) is 5. The van der Waals surface area contributed by atoms with Crippen LogP contribution in [0.4, 0.5) is 11.5 Å². The summed E-state index contributed by atoms with van der Waals surface area (Å²) in [6.45, 7) is 20.0. The third-order valence-corrected chi connectivity index (χ3v) is 9.61. The molecule has 1 aromatic heterocycles. The first kappa shape index (κ1) is 29.5. The van der Waals surface area contributed by atoms with E-state index in [4.69, 9.17) is 14.7 Å². The van der Waals surface area contributed by atoms with Gasteiger partial charge in [-0.25, -0.2) is 0 Å². The summed E-state index contributed by atoms with van der Waals surface area (Å²) < 4.78 is 6.46. The minimum absolute atomic E-state index is 0.0408. The number of benzene rings is 2. The number of carbonyl (C=O) groups excluding carboxylic acids is 1. The largest absolute Gasteiger partial charge is 0.463 e. The third kappa shape index (κ3) is 6.22. The van der Waals surface area contributed by atoms with Crippen molar-refractivity contribution in [3.05, 3.63) is 65.4 Å². The monoisotopic (exact) mass is 581 g/mol. The minimum Gasteiger partial charge on any atom is -0.463 e. The summed E-state index contributed by atoms with van der Waals surface area (Å²) in [6.07, 6.45) is 4.50. The lowest BCUT2D eigenvalue weighted by Crippen LogP contribution is -2.49. The zero-order valence-electron chi connectivity index (χ0n) is 26.7. The summed E-state index contributed by atoms with van der Waals surface area (Å²) in [6, 6.07) is 13.6. The maximum absolute atomic E-state index is 12.6. The highest BCUT2D eigenvalue weighted by atomic mass is 16.5. The van der Waals surface area contributed by atoms with Gasteiger partial charge in [0, 0.05) is 54.9 Å². The van der Waals surface area contributed by atoms with Gasteiger partial charge >= 0.3 is 6.01 Å². The van der Waals surface area contributed by atoms with Crippen LogP contribution >= 0.6 is 0 Å². The molecule has 43 heavy (non-hydrogen) atoms. The van der Waals surface area contributed by atoms with Crippen molar-refractivity contribution in [2.24, 2.45) is 17.3 Å². The van der Waals surface area contributed by atoms with Crippen LogP contribution in [0.1, 0.15) is 63.8 Å². The Labute approximate surface area is 256 Å². The molecule has 0 radical (unpaired) electrons. The Morgan fingerprint density at radius 2 is 1.77 bits per heavy atom. The van der Waals surface area contributed by atoms with Gasteiger partial charge in [-0.2, -0.15) is 9.97 Å². The number of ether oxygens (including phenoxy) is 1. The van der Waals surface area contributed by atoms with Gasteiger partial charge in [0.1, 0.15) is 5.82 Å². The summed E-state index contributed by atoms with van der Waals surface area (Å²) in [5.41, 5.74) is 5.74. The second-order valence-electron chi connectivity index (χ2n) is 14.0. The van der Waals surface area contributed by atoms with Crippen LogP contribution in [0.3, 0.4) is 0 Å². The van der Waals surface area contributed by atoms with Gasteiger partial charge in [0.25, 0.3) is 0 Å². The minimum atomic E-state index is 0.0408. The number of hydrogen-bond acceptors (Lipinski definition) is 6. The third-order valence-electron chi connectivity index (χ3n) is 9.61. The van der Waals surface area contributed by atoms with Crippen molar-refractivity contribution in [2.45, 2.75) is 66.8 Å². The Balaban J connectivity index is 1.29. The Kier molecular flexibility index (Phi) is 8.10. The molecular formula is C36H47N5O2. The molecule has 228 valence electrons. The van der Waals surface area contributed by atoms with Gasteiger partial charge in [0.2, 0.25) is 5.91 Å². The molecule has 1 unspecified atom stereocenters. The van der Waals surface area contributed by atoms with Crippen LogP contribution in [0.2, 0.25) is 0 Å². The van der Waals surface area contributed by atoms with E-state index in [-0.39, 0.29) is 5.91 Å². The van der Waals surface area contributed by atoms with Crippen LogP contribution in [0.5, 0.6) is 6.01 Å². The van der Waals surface area contributed by atoms with Crippen LogP contribution in [-0.2, 0) is 17.8 Å². The molecule has 1 amide bonds. The maximum atomic E-state index is 12.6. The average molecular weight is 582 g/mol. The summed E-state index contributed by atoms with van der Waals surface area (Å²) in [7, 11) is 0. The predicted molar refractivity (Wildman–Crippen MR) is 175 cm³/mol. The van der Waals surface area contributed by atoms with E-state index in [1.807, 2.05) is 4.90 Å². The second kappa shape index (κ2) is 11.8. The number of rotatable bonds is 6. The summed E-state index contributed by atoms with van der Waals surface area (Å²) >= 11 is 0. The van der Waals surface area contributed by atoms with Gasteiger partial charge in [-0.15, -0.1) is 0 Å². The lowest BCUT2D eigenvalue weighted by molar-refractivity contribution is -0.127. The van der Waals surface area contributed by atoms with E-state index in [1.54, 1.807) is 6.92 Å². The number of fused-ring (bicyclic) bond motifs is 2. The van der Waals surface area contributed by atoms with Gasteiger partial charge in [-0.05, 0) is 73.8 Å². The van der Waals surface area contributed by atoms with Gasteiger partial charge in [0.15, 0.2) is 0 Å². The Bertz CT molecular complexity index is 1520. The topological polar surface area (TPSA) is 61.8 Å². The van der Waals surface area contributed by atoms with E-state index in [9.17, 15) is 4.79 Å². The molecule has 2 aliphatic heterocycles. The molecule has 3 aliphatic rings. The van der Waals surface area contributed by atoms with Crippen molar-refractivity contribution in [1.82, 2.24) is 14.9 Å². The summed E-state index contributed by atoms with van der Waals surface area (Å²) in [5, 5.41) is 2.58. The standard InChI is InChI=1S/C36H47N5O2/c1-24(2)34(42)40-17-15-39(16-18-40)33-29-13-14-41(31-12-8-11-28-10-7-9-26(4)32(28)31)22-30(29)37-35(38-33)43-23-27-19-25(3)20-36(5,6)21-27/h7-12,25,27H,1,13-23H2,2-6H3/t25?,27-/m0/s1. The molecule has 7 heteroatoms. The molecule has 1 saturated carbocycles. The molecule has 1 aliphatic carbocycles. The fourth-order valence-electron chi connectivity index (χ4n) is 7.94. The quantitative estimate of drug-likeness (QED) is 0.307. The number of aromatic nitrogens is 2. The molecule has 2 atom stereocenters. The molecule has 3 aromatic rings. The smallest absolute Gasteiger partial charge is 0.318 e. The number of hydrogen-bond donors (Lipinski definition) is 0. The van der Waals surface area contributed by atoms with Crippen molar-refractivity contribution >= 4 is 28.2 Å². The van der Waals surface area contributed by atoms with E-state index in [0.717, 1.165) is 44.1 Å². The van der Waals surface area contributed by atoms with Crippen LogP contribution in [0.25, 0.3) is 10.8 Å². The Morgan fingerprint density at radius 1 is 1.02 bits per heavy atom. The van der Waals surface area contributed by atoms with Gasteiger partial charge in [-0.3, -0.25) is 4.79 Å². The highest BCUT2D eigenvalue weighted by molar-refractivity contribution is 5.97. The molecule has 1 saturated heterocycles. The van der Waals surface area contributed by atoms with E-state index < -0.39 is 0 Å². The Morgan fingerprint density at radius 3 is 2.49 bits per heavy atom. The summed E-state index contributed by atoms with van der Waals surface area (Å²) in [4.78, 5) is 29.4. The molecule has 0 N–H and O–H groups in total. The summed E-state index contributed by atoms with van der Waals surface area (Å²) in [5.74, 6) is 2.23. The molecule has 2 fully saturated rings. The van der Waals surface area contributed by atoms with Crippen molar-refractivity contribution in [2.75, 3.05) is 49.1 Å². The van der Waals surface area contributed by atoms with Crippen LogP contribution in [0, 0.1) is 24.2 Å². The zero-order valence-corrected chi connectivity index (χ0v) is 26.7. The molecule has 7 nitrogen and oxygen atoms in total. The van der Waals surface area contributed by atoms with Crippen molar-refractivity contribution < 1.29 is 9.53 Å². The molecule has 2 aromatic carbocycles. The molecule has 6 rings (SSSR count). The number of piperazine rings is 1. The highest BCUT2D eigenvalue weighted by Crippen LogP contribution is 2.42. The van der Waals surface area contributed by atoms with Gasteiger partial charge in [0.05, 0.1) is 18.8 Å². The fourth-order valence-corrected chi connectivity index (χ4v) is 7.94. The number of aryl methyl sites for hydroxylation is 1. The molecule has 0 bridgehead atoms. The van der Waals surface area contributed by atoms with Crippen LogP contribution in [0.15, 0.2) is 48.6 Å². The first-order valence-corrected chi connectivity index (χ1v) is 16.0. The van der Waals surface area contributed by atoms with E-state index in [2.05, 4.69) is 80.5 Å². The number of anilines is 2. The molecular weight excluding hydrogens is 534 g/mol. The number of carbonyl (C=O) groups is 1. The second-order valence-corrected chi connectivity index (χ2v) is 14.0. The highest BCUT2D eigenvalue weighted by Gasteiger charge is 2.33. The number of amides is 1. The SMILES string of the molecule is C=C(C)C(=O)N1CCN(c2nc(OC[C@H]3CC(C)CC(C)(C)C3)nc3c2CCN(c2cccc4cccc(C)c24)C3)CC1. The van der Waals surface area contributed by atoms with Crippen molar-refractivity contribution in [3.8, 4) is 6.01 Å². The fraction of sp³-hybridized carbons (Fsp3) is 0.528. The lowest BCUT2D eigenvalue weighted by atomic mass is 9.68.